The fourth-order valence-corrected chi connectivity index (χ4v) is 2.21. The van der Waals surface area contributed by atoms with Crippen molar-refractivity contribution < 1.29 is 28.6 Å². The third-order valence-corrected chi connectivity index (χ3v) is 3.37. The molecule has 2 rings (SSSR count). The van der Waals surface area contributed by atoms with Gasteiger partial charge in [0.05, 0.1) is 12.0 Å². The second-order valence-electron chi connectivity index (χ2n) is 6.56. The van der Waals surface area contributed by atoms with Gasteiger partial charge in [0.2, 0.25) is 0 Å². The van der Waals surface area contributed by atoms with Crippen LogP contribution in [0.4, 0.5) is 19.7 Å². The number of alkyl carbamates (subject to hydrolysis) is 1. The summed E-state index contributed by atoms with van der Waals surface area (Å²) in [6, 6.07) is 4.77. The number of anilines is 1. The number of amides is 2. The van der Waals surface area contributed by atoms with E-state index in [1.165, 1.54) is 0 Å². The van der Waals surface area contributed by atoms with Crippen molar-refractivity contribution >= 4 is 17.9 Å². The number of fused-ring (bicyclic) bond motifs is 1. The molecule has 1 aliphatic heterocycles. The predicted molar refractivity (Wildman–Crippen MR) is 88.6 cm³/mol. The van der Waals surface area contributed by atoms with Gasteiger partial charge in [-0.25, -0.2) is 14.0 Å². The molecule has 1 aromatic rings. The van der Waals surface area contributed by atoms with Crippen LogP contribution in [0.5, 0.6) is 0 Å². The first-order valence-electron chi connectivity index (χ1n) is 7.70. The summed E-state index contributed by atoms with van der Waals surface area (Å²) in [6.07, 6.45) is -2.27. The normalized spacial score (nSPS) is 15.6. The van der Waals surface area contributed by atoms with Crippen molar-refractivity contribution in [2.45, 2.75) is 39.1 Å². The van der Waals surface area contributed by atoms with Crippen LogP contribution in [0.2, 0.25) is 0 Å². The van der Waals surface area contributed by atoms with Gasteiger partial charge in [-0.2, -0.15) is 0 Å². The Morgan fingerprint density at radius 2 is 2.24 bits per heavy atom. The molecule has 0 fully saturated rings. The molecular formula is C17H21FN2O5. The van der Waals surface area contributed by atoms with Gasteiger partial charge in [-0.3, -0.25) is 5.32 Å². The molecule has 0 spiro atoms. The number of aliphatic hydroxyl groups is 1. The Morgan fingerprint density at radius 1 is 1.52 bits per heavy atom. The number of hydrogen-bond acceptors (Lipinski definition) is 5. The maximum absolute atomic E-state index is 13.2. The molecule has 1 heterocycles. The number of hydrogen-bond donors (Lipinski definition) is 3. The summed E-state index contributed by atoms with van der Waals surface area (Å²) in [6.45, 7) is 4.98. The van der Waals surface area contributed by atoms with Crippen LogP contribution in [0.25, 0.3) is 0 Å². The molecule has 8 heteroatoms. The van der Waals surface area contributed by atoms with Crippen molar-refractivity contribution in [3.8, 4) is 0 Å². The molecule has 0 saturated carbocycles. The van der Waals surface area contributed by atoms with Crippen molar-refractivity contribution in [2.75, 3.05) is 11.9 Å². The topological polar surface area (TPSA) is 96.9 Å². The molecule has 1 unspecified atom stereocenters. The first-order valence-corrected chi connectivity index (χ1v) is 7.70. The molecule has 0 aromatic heterocycles. The Kier molecular flexibility index (Phi) is 5.63. The van der Waals surface area contributed by atoms with E-state index in [1.807, 2.05) is 0 Å². The van der Waals surface area contributed by atoms with Gasteiger partial charge in [-0.1, -0.05) is 6.07 Å². The molecule has 0 aliphatic carbocycles. The van der Waals surface area contributed by atoms with Crippen molar-refractivity contribution in [2.24, 2.45) is 0 Å². The lowest BCUT2D eigenvalue weighted by Gasteiger charge is -2.22. The maximum atomic E-state index is 13.2. The predicted octanol–water partition coefficient (Wildman–Crippen LogP) is 3.16. The summed E-state index contributed by atoms with van der Waals surface area (Å²) in [5, 5.41) is 15.3. The minimum absolute atomic E-state index is 0.0356. The van der Waals surface area contributed by atoms with E-state index in [-0.39, 0.29) is 25.1 Å². The van der Waals surface area contributed by atoms with E-state index < -0.39 is 23.9 Å². The fraction of sp³-hybridized carbons (Fsp3) is 0.412. The maximum Gasteiger partial charge on any atom is 0.411 e. The third-order valence-electron chi connectivity index (χ3n) is 3.37. The van der Waals surface area contributed by atoms with Crippen molar-refractivity contribution in [1.29, 1.82) is 0 Å². The molecule has 7 nitrogen and oxygen atoms in total. The molecule has 1 aliphatic rings. The SMILES string of the molecule is CC(C)(C)OC(=O)NC/C(=C/F)C(O)c1ccc2c(c1)COC(=O)N2. The highest BCUT2D eigenvalue weighted by molar-refractivity contribution is 5.87. The van der Waals surface area contributed by atoms with Crippen LogP contribution in [-0.2, 0) is 16.1 Å². The van der Waals surface area contributed by atoms with E-state index in [9.17, 15) is 19.1 Å². The number of cyclic esters (lactones) is 1. The molecule has 0 radical (unpaired) electrons. The number of carbonyl (C=O) groups excluding carboxylic acids is 2. The summed E-state index contributed by atoms with van der Waals surface area (Å²) >= 11 is 0. The summed E-state index contributed by atoms with van der Waals surface area (Å²) in [5.41, 5.74) is 0.935. The molecule has 136 valence electrons. The number of nitrogens with one attached hydrogen (secondary N) is 2. The van der Waals surface area contributed by atoms with Crippen LogP contribution >= 0.6 is 0 Å². The Morgan fingerprint density at radius 3 is 2.88 bits per heavy atom. The van der Waals surface area contributed by atoms with E-state index >= 15 is 0 Å². The van der Waals surface area contributed by atoms with Gasteiger partial charge in [-0.05, 0) is 38.5 Å². The third kappa shape index (κ3) is 5.18. The Hall–Kier alpha value is -2.61. The number of halogens is 1. The molecular weight excluding hydrogens is 331 g/mol. The summed E-state index contributed by atoms with van der Waals surface area (Å²) in [4.78, 5) is 22.8. The van der Waals surface area contributed by atoms with E-state index in [0.717, 1.165) is 0 Å². The highest BCUT2D eigenvalue weighted by Crippen LogP contribution is 2.28. The minimum atomic E-state index is -1.26. The molecule has 0 saturated heterocycles. The van der Waals surface area contributed by atoms with Crippen molar-refractivity contribution in [1.82, 2.24) is 5.32 Å². The summed E-state index contributed by atoms with van der Waals surface area (Å²) < 4.78 is 23.1. The van der Waals surface area contributed by atoms with Gasteiger partial charge < -0.3 is 19.9 Å². The van der Waals surface area contributed by atoms with Crippen LogP contribution in [0.15, 0.2) is 30.1 Å². The van der Waals surface area contributed by atoms with E-state index in [4.69, 9.17) is 9.47 Å². The average Bonchev–Trinajstić information content (AvgIpc) is 2.53. The monoisotopic (exact) mass is 352 g/mol. The quantitative estimate of drug-likeness (QED) is 0.773. The van der Waals surface area contributed by atoms with Crippen LogP contribution in [0.1, 0.15) is 38.0 Å². The average molecular weight is 352 g/mol. The standard InChI is InChI=1S/C17H21FN2O5/c1-17(2,3)25-15(22)19-8-12(7-18)14(21)10-4-5-13-11(6-10)9-24-16(23)20-13/h4-7,14,21H,8-9H2,1-3H3,(H,19,22)(H,20,23)/b12-7-. The molecule has 1 aromatic carbocycles. The zero-order valence-corrected chi connectivity index (χ0v) is 14.3. The molecule has 2 amide bonds. The van der Waals surface area contributed by atoms with Crippen LogP contribution in [0.3, 0.4) is 0 Å². The lowest BCUT2D eigenvalue weighted by molar-refractivity contribution is 0.0529. The van der Waals surface area contributed by atoms with Gasteiger partial charge in [0, 0.05) is 17.7 Å². The van der Waals surface area contributed by atoms with E-state index in [0.29, 0.717) is 16.8 Å². The number of rotatable bonds is 4. The Bertz CT molecular complexity index is 697. The Labute approximate surface area is 144 Å². The highest BCUT2D eigenvalue weighted by atomic mass is 19.1. The van der Waals surface area contributed by atoms with Crippen molar-refractivity contribution in [3.05, 3.63) is 41.2 Å². The number of aliphatic hydroxyl groups excluding tert-OH is 1. The molecule has 1 atom stereocenters. The highest BCUT2D eigenvalue weighted by Gasteiger charge is 2.21. The van der Waals surface area contributed by atoms with Gasteiger partial charge in [-0.15, -0.1) is 0 Å². The Balaban J connectivity index is 2.04. The zero-order chi connectivity index (χ0) is 18.6. The van der Waals surface area contributed by atoms with Crippen LogP contribution in [-0.4, -0.2) is 29.4 Å². The molecule has 0 bridgehead atoms. The van der Waals surface area contributed by atoms with Crippen LogP contribution < -0.4 is 10.6 Å². The summed E-state index contributed by atoms with van der Waals surface area (Å²) in [7, 11) is 0. The van der Waals surface area contributed by atoms with Gasteiger partial charge in [0.1, 0.15) is 18.3 Å². The molecule has 25 heavy (non-hydrogen) atoms. The lowest BCUT2D eigenvalue weighted by Crippen LogP contribution is -2.34. The number of carbonyl (C=O) groups is 2. The second-order valence-corrected chi connectivity index (χ2v) is 6.56. The van der Waals surface area contributed by atoms with Gasteiger partial charge in [0.15, 0.2) is 0 Å². The molecule has 3 N–H and O–H groups in total. The van der Waals surface area contributed by atoms with Gasteiger partial charge in [0.25, 0.3) is 0 Å². The minimum Gasteiger partial charge on any atom is -0.444 e. The smallest absolute Gasteiger partial charge is 0.411 e. The first-order chi connectivity index (χ1) is 11.7. The van der Waals surface area contributed by atoms with Crippen LogP contribution in [0, 0.1) is 0 Å². The van der Waals surface area contributed by atoms with E-state index in [2.05, 4.69) is 10.6 Å². The lowest BCUT2D eigenvalue weighted by atomic mass is 9.99. The fourth-order valence-electron chi connectivity index (χ4n) is 2.21. The zero-order valence-electron chi connectivity index (χ0n) is 14.3. The second kappa shape index (κ2) is 7.52. The number of ether oxygens (including phenoxy) is 2. The summed E-state index contributed by atoms with van der Waals surface area (Å²) in [5.74, 6) is 0. The van der Waals surface area contributed by atoms with E-state index in [1.54, 1.807) is 39.0 Å². The largest absolute Gasteiger partial charge is 0.444 e. The van der Waals surface area contributed by atoms with Crippen molar-refractivity contribution in [3.63, 3.8) is 0 Å². The first kappa shape index (κ1) is 18.7. The van der Waals surface area contributed by atoms with Gasteiger partial charge >= 0.3 is 12.2 Å². The number of benzene rings is 1.